The number of halogens is 1. The molecule has 0 radical (unpaired) electrons. The number of hydrogen-bond acceptors (Lipinski definition) is 1. The van der Waals surface area contributed by atoms with Gasteiger partial charge < -0.3 is 5.73 Å². The number of hydrogen-bond donors (Lipinski definition) is 1. The van der Waals surface area contributed by atoms with Crippen molar-refractivity contribution in [3.05, 3.63) is 46.4 Å². The van der Waals surface area contributed by atoms with Gasteiger partial charge in [0, 0.05) is 16.4 Å². The zero-order chi connectivity index (χ0) is 11.8. The molecule has 0 saturated heterocycles. The second-order valence-electron chi connectivity index (χ2n) is 4.76. The first-order valence-electron chi connectivity index (χ1n) is 5.43. The monoisotopic (exact) mass is 277 g/mol. The van der Waals surface area contributed by atoms with Gasteiger partial charge in [0.2, 0.25) is 0 Å². The first-order chi connectivity index (χ1) is 7.54. The normalized spacial score (nSPS) is 12.0. The third kappa shape index (κ3) is 2.00. The minimum Gasteiger partial charge on any atom is -0.330 e. The van der Waals surface area contributed by atoms with Crippen molar-refractivity contribution in [1.82, 2.24) is 0 Å². The van der Waals surface area contributed by atoms with Crippen LogP contribution in [0.15, 0.2) is 40.9 Å². The fourth-order valence-electron chi connectivity index (χ4n) is 1.78. The molecule has 2 heteroatoms. The maximum atomic E-state index is 5.80. The van der Waals surface area contributed by atoms with Gasteiger partial charge in [-0.25, -0.2) is 0 Å². The minimum atomic E-state index is 0.0382. The fourth-order valence-corrected chi connectivity index (χ4v) is 2.30. The van der Waals surface area contributed by atoms with Gasteiger partial charge in [0.25, 0.3) is 0 Å². The van der Waals surface area contributed by atoms with Crippen LogP contribution in [0.25, 0.3) is 10.8 Å². The molecule has 0 unspecified atom stereocenters. The molecule has 2 aromatic carbocycles. The van der Waals surface area contributed by atoms with Gasteiger partial charge in [0.05, 0.1) is 0 Å². The van der Waals surface area contributed by atoms with E-state index in [1.165, 1.54) is 16.3 Å². The van der Waals surface area contributed by atoms with Gasteiger partial charge >= 0.3 is 0 Å². The molecule has 0 aliphatic heterocycles. The molecule has 0 heterocycles. The maximum Gasteiger partial charge on any atom is 0.0253 e. The predicted octanol–water partition coefficient (Wildman–Crippen LogP) is 3.84. The lowest BCUT2D eigenvalue weighted by Gasteiger charge is -2.23. The molecule has 0 aliphatic carbocycles. The lowest BCUT2D eigenvalue weighted by molar-refractivity contribution is 0.540. The Morgan fingerprint density at radius 2 is 1.94 bits per heavy atom. The van der Waals surface area contributed by atoms with E-state index in [1.54, 1.807) is 0 Å². The van der Waals surface area contributed by atoms with Gasteiger partial charge in [-0.2, -0.15) is 0 Å². The summed E-state index contributed by atoms with van der Waals surface area (Å²) < 4.78 is 1.14. The van der Waals surface area contributed by atoms with E-state index < -0.39 is 0 Å². The summed E-state index contributed by atoms with van der Waals surface area (Å²) in [6.07, 6.45) is 0. The molecule has 0 spiro atoms. The van der Waals surface area contributed by atoms with Crippen molar-refractivity contribution in [2.45, 2.75) is 19.3 Å². The van der Waals surface area contributed by atoms with Crippen LogP contribution in [0.3, 0.4) is 0 Å². The van der Waals surface area contributed by atoms with Crippen LogP contribution < -0.4 is 5.73 Å². The third-order valence-corrected chi connectivity index (χ3v) is 3.81. The molecule has 16 heavy (non-hydrogen) atoms. The Morgan fingerprint density at radius 1 is 1.19 bits per heavy atom. The molecule has 0 aromatic heterocycles. The van der Waals surface area contributed by atoms with Gasteiger partial charge in [0.1, 0.15) is 0 Å². The van der Waals surface area contributed by atoms with E-state index in [0.29, 0.717) is 6.54 Å². The summed E-state index contributed by atoms with van der Waals surface area (Å²) in [6.45, 7) is 5.00. The van der Waals surface area contributed by atoms with Crippen LogP contribution in [0.5, 0.6) is 0 Å². The number of benzene rings is 2. The topological polar surface area (TPSA) is 26.0 Å². The summed E-state index contributed by atoms with van der Waals surface area (Å²) in [5.74, 6) is 0. The summed E-state index contributed by atoms with van der Waals surface area (Å²) in [6, 6.07) is 12.8. The average Bonchev–Trinajstić information content (AvgIpc) is 2.29. The van der Waals surface area contributed by atoms with Crippen LogP contribution in [0.4, 0.5) is 0 Å². The van der Waals surface area contributed by atoms with E-state index in [-0.39, 0.29) is 5.41 Å². The SMILES string of the molecule is CC(C)(CN)c1ccc2c(Br)cccc2c1. The van der Waals surface area contributed by atoms with Gasteiger partial charge in [-0.05, 0) is 22.4 Å². The fraction of sp³-hybridized carbons (Fsp3) is 0.286. The minimum absolute atomic E-state index is 0.0382. The van der Waals surface area contributed by atoms with Crippen molar-refractivity contribution in [1.29, 1.82) is 0 Å². The third-order valence-electron chi connectivity index (χ3n) is 3.12. The average molecular weight is 278 g/mol. The van der Waals surface area contributed by atoms with E-state index in [0.717, 1.165) is 4.47 Å². The Labute approximate surface area is 105 Å². The van der Waals surface area contributed by atoms with Crippen LogP contribution >= 0.6 is 15.9 Å². The molecule has 0 bridgehead atoms. The molecule has 0 amide bonds. The molecule has 0 aliphatic rings. The molecule has 2 rings (SSSR count). The number of rotatable bonds is 2. The van der Waals surface area contributed by atoms with Crippen molar-refractivity contribution >= 4 is 26.7 Å². The summed E-state index contributed by atoms with van der Waals surface area (Å²) >= 11 is 3.56. The van der Waals surface area contributed by atoms with Crippen molar-refractivity contribution in [2.24, 2.45) is 5.73 Å². The molecule has 0 fully saturated rings. The molecule has 0 saturated carbocycles. The number of nitrogens with two attached hydrogens (primary N) is 1. The van der Waals surface area contributed by atoms with Crippen LogP contribution in [-0.4, -0.2) is 6.54 Å². The van der Waals surface area contributed by atoms with Crippen molar-refractivity contribution in [3.8, 4) is 0 Å². The Morgan fingerprint density at radius 3 is 2.62 bits per heavy atom. The molecular weight excluding hydrogens is 262 g/mol. The Balaban J connectivity index is 2.61. The Kier molecular flexibility index (Phi) is 3.04. The van der Waals surface area contributed by atoms with Crippen LogP contribution in [-0.2, 0) is 5.41 Å². The highest BCUT2D eigenvalue weighted by Gasteiger charge is 2.18. The summed E-state index contributed by atoms with van der Waals surface area (Å²) in [4.78, 5) is 0. The second-order valence-corrected chi connectivity index (χ2v) is 5.62. The molecule has 2 aromatic rings. The second kappa shape index (κ2) is 4.19. The molecular formula is C14H16BrN. The van der Waals surface area contributed by atoms with Gasteiger partial charge in [0.15, 0.2) is 0 Å². The molecule has 84 valence electrons. The van der Waals surface area contributed by atoms with Gasteiger partial charge in [-0.1, -0.05) is 60.1 Å². The summed E-state index contributed by atoms with van der Waals surface area (Å²) in [5, 5.41) is 2.51. The quantitative estimate of drug-likeness (QED) is 0.887. The molecule has 1 nitrogen and oxygen atoms in total. The molecule has 0 atom stereocenters. The standard InChI is InChI=1S/C14H16BrN/c1-14(2,9-16)11-6-7-12-10(8-11)4-3-5-13(12)15/h3-8H,9,16H2,1-2H3. The van der Waals surface area contributed by atoms with E-state index in [4.69, 9.17) is 5.73 Å². The highest BCUT2D eigenvalue weighted by molar-refractivity contribution is 9.10. The smallest absolute Gasteiger partial charge is 0.0253 e. The zero-order valence-electron chi connectivity index (χ0n) is 9.63. The van der Waals surface area contributed by atoms with Crippen LogP contribution in [0.1, 0.15) is 19.4 Å². The first-order valence-corrected chi connectivity index (χ1v) is 6.23. The van der Waals surface area contributed by atoms with Crippen molar-refractivity contribution in [2.75, 3.05) is 6.54 Å². The summed E-state index contributed by atoms with van der Waals surface area (Å²) in [7, 11) is 0. The van der Waals surface area contributed by atoms with Crippen LogP contribution in [0, 0.1) is 0 Å². The highest BCUT2D eigenvalue weighted by Crippen LogP contribution is 2.29. The van der Waals surface area contributed by atoms with Crippen molar-refractivity contribution in [3.63, 3.8) is 0 Å². The van der Waals surface area contributed by atoms with Gasteiger partial charge in [-0.15, -0.1) is 0 Å². The lowest BCUT2D eigenvalue weighted by Crippen LogP contribution is -2.27. The van der Waals surface area contributed by atoms with E-state index >= 15 is 0 Å². The van der Waals surface area contributed by atoms with Gasteiger partial charge in [-0.3, -0.25) is 0 Å². The van der Waals surface area contributed by atoms with E-state index in [2.05, 4.69) is 66.2 Å². The predicted molar refractivity (Wildman–Crippen MR) is 73.7 cm³/mol. The van der Waals surface area contributed by atoms with E-state index in [1.807, 2.05) is 0 Å². The largest absolute Gasteiger partial charge is 0.330 e. The van der Waals surface area contributed by atoms with E-state index in [9.17, 15) is 0 Å². The van der Waals surface area contributed by atoms with Crippen LogP contribution in [0.2, 0.25) is 0 Å². The molecule has 2 N–H and O–H groups in total. The Hall–Kier alpha value is -0.860. The maximum absolute atomic E-state index is 5.80. The first kappa shape index (κ1) is 11.6. The Bertz CT molecular complexity index is 517. The lowest BCUT2D eigenvalue weighted by atomic mass is 9.84. The zero-order valence-corrected chi connectivity index (χ0v) is 11.2. The number of fused-ring (bicyclic) bond motifs is 1. The highest BCUT2D eigenvalue weighted by atomic mass is 79.9. The summed E-state index contributed by atoms with van der Waals surface area (Å²) in [5.41, 5.74) is 7.13. The van der Waals surface area contributed by atoms with Crippen molar-refractivity contribution < 1.29 is 0 Å².